The summed E-state index contributed by atoms with van der Waals surface area (Å²) in [6, 6.07) is 0. The van der Waals surface area contributed by atoms with Gasteiger partial charge in [0, 0.05) is 18.1 Å². The largest absolute Gasteiger partial charge is 0.360 e. The number of hydrogen-bond donors (Lipinski definition) is 1. The van der Waals surface area contributed by atoms with Gasteiger partial charge in [-0.15, -0.1) is 0 Å². The second-order valence-corrected chi connectivity index (χ2v) is 3.73. The van der Waals surface area contributed by atoms with Crippen LogP contribution in [-0.2, 0) is 0 Å². The topological polar surface area (TPSA) is 37.8 Å². The molecule has 1 aromatic rings. The van der Waals surface area contributed by atoms with Gasteiger partial charge in [0.05, 0.1) is 0 Å². The van der Waals surface area contributed by atoms with Crippen LogP contribution in [0.3, 0.4) is 0 Å². The van der Waals surface area contributed by atoms with Crippen LogP contribution in [-0.4, -0.2) is 15.9 Å². The van der Waals surface area contributed by atoms with E-state index in [9.17, 15) is 0 Å². The van der Waals surface area contributed by atoms with Gasteiger partial charge in [-0.2, -0.15) is 9.36 Å². The number of nitrogens with one attached hydrogen (secondary N) is 1. The number of halogens is 1. The van der Waals surface area contributed by atoms with Crippen molar-refractivity contribution in [3.8, 4) is 0 Å². The summed E-state index contributed by atoms with van der Waals surface area (Å²) < 4.78 is 3.83. The first-order valence-corrected chi connectivity index (χ1v) is 4.56. The molecule has 0 saturated heterocycles. The van der Waals surface area contributed by atoms with Gasteiger partial charge in [-0.3, -0.25) is 0 Å². The van der Waals surface area contributed by atoms with E-state index in [1.54, 1.807) is 0 Å². The van der Waals surface area contributed by atoms with Crippen LogP contribution in [0, 0.1) is 5.92 Å². The van der Waals surface area contributed by atoms with Crippen LogP contribution in [0.1, 0.15) is 13.8 Å². The van der Waals surface area contributed by atoms with Crippen LogP contribution in [0.2, 0.25) is 5.28 Å². The average Bonchev–Trinajstić information content (AvgIpc) is 2.31. The summed E-state index contributed by atoms with van der Waals surface area (Å²) in [7, 11) is 0. The number of rotatable bonds is 3. The van der Waals surface area contributed by atoms with Gasteiger partial charge in [-0.25, -0.2) is 0 Å². The van der Waals surface area contributed by atoms with E-state index in [1.807, 2.05) is 0 Å². The van der Waals surface area contributed by atoms with E-state index in [2.05, 4.69) is 28.5 Å². The first-order chi connectivity index (χ1) is 5.18. The molecule has 0 fully saturated rings. The van der Waals surface area contributed by atoms with E-state index in [-0.39, 0.29) is 0 Å². The Labute approximate surface area is 75.0 Å². The molecule has 1 rings (SSSR count). The Balaban J connectivity index is 2.39. The lowest BCUT2D eigenvalue weighted by Crippen LogP contribution is -2.07. The normalized spacial score (nSPS) is 10.5. The van der Waals surface area contributed by atoms with E-state index in [0.29, 0.717) is 11.2 Å². The molecular weight excluding hydrogens is 182 g/mol. The Bertz CT molecular complexity index is 223. The van der Waals surface area contributed by atoms with Crippen LogP contribution in [0.25, 0.3) is 0 Å². The van der Waals surface area contributed by atoms with Gasteiger partial charge in [0.25, 0.3) is 0 Å². The molecule has 0 aromatic carbocycles. The van der Waals surface area contributed by atoms with Crippen molar-refractivity contribution >= 4 is 28.3 Å². The quantitative estimate of drug-likeness (QED) is 0.797. The van der Waals surface area contributed by atoms with E-state index in [1.165, 1.54) is 11.5 Å². The fourth-order valence-electron chi connectivity index (χ4n) is 0.569. The SMILES string of the molecule is CC(C)CNc1nc(Cl)ns1. The van der Waals surface area contributed by atoms with Crippen molar-refractivity contribution in [1.82, 2.24) is 9.36 Å². The van der Waals surface area contributed by atoms with Crippen molar-refractivity contribution in [2.24, 2.45) is 5.92 Å². The van der Waals surface area contributed by atoms with Crippen molar-refractivity contribution in [2.75, 3.05) is 11.9 Å². The second-order valence-electron chi connectivity index (χ2n) is 2.64. The summed E-state index contributed by atoms with van der Waals surface area (Å²) in [6.07, 6.45) is 0. The molecule has 1 heterocycles. The zero-order valence-electron chi connectivity index (χ0n) is 6.47. The highest BCUT2D eigenvalue weighted by Crippen LogP contribution is 2.14. The molecule has 5 heteroatoms. The Hall–Kier alpha value is -0.350. The standard InChI is InChI=1S/C6H10ClN3S/c1-4(2)3-8-6-9-5(7)10-11-6/h4H,3H2,1-2H3,(H,8,9,10). The van der Waals surface area contributed by atoms with Crippen LogP contribution >= 0.6 is 23.1 Å². The van der Waals surface area contributed by atoms with Crippen LogP contribution in [0.4, 0.5) is 5.13 Å². The molecule has 0 aliphatic carbocycles. The summed E-state index contributed by atoms with van der Waals surface area (Å²) in [5.74, 6) is 0.609. The molecule has 0 amide bonds. The smallest absolute Gasteiger partial charge is 0.236 e. The second kappa shape index (κ2) is 3.88. The average molecular weight is 192 g/mol. The van der Waals surface area contributed by atoms with Crippen LogP contribution < -0.4 is 5.32 Å². The number of aromatic nitrogens is 2. The lowest BCUT2D eigenvalue weighted by molar-refractivity contribution is 0.688. The minimum Gasteiger partial charge on any atom is -0.360 e. The van der Waals surface area contributed by atoms with Gasteiger partial charge in [0.1, 0.15) is 0 Å². The van der Waals surface area contributed by atoms with Gasteiger partial charge >= 0.3 is 0 Å². The van der Waals surface area contributed by atoms with Crippen molar-refractivity contribution in [3.05, 3.63) is 5.28 Å². The van der Waals surface area contributed by atoms with E-state index < -0.39 is 0 Å². The molecule has 0 bridgehead atoms. The first-order valence-electron chi connectivity index (χ1n) is 3.41. The summed E-state index contributed by atoms with van der Waals surface area (Å²) >= 11 is 6.81. The van der Waals surface area contributed by atoms with E-state index in [0.717, 1.165) is 11.7 Å². The molecule has 11 heavy (non-hydrogen) atoms. The van der Waals surface area contributed by atoms with Crippen molar-refractivity contribution in [2.45, 2.75) is 13.8 Å². The minimum atomic E-state index is 0.321. The highest BCUT2D eigenvalue weighted by atomic mass is 35.5. The Morgan fingerprint density at radius 1 is 1.64 bits per heavy atom. The molecule has 0 aliphatic rings. The summed E-state index contributed by atoms with van der Waals surface area (Å²) in [5.41, 5.74) is 0. The monoisotopic (exact) mass is 191 g/mol. The van der Waals surface area contributed by atoms with Gasteiger partial charge in [0.15, 0.2) is 0 Å². The Morgan fingerprint density at radius 3 is 2.82 bits per heavy atom. The zero-order valence-corrected chi connectivity index (χ0v) is 8.04. The molecule has 3 nitrogen and oxygen atoms in total. The molecule has 1 aromatic heterocycles. The fraction of sp³-hybridized carbons (Fsp3) is 0.667. The van der Waals surface area contributed by atoms with Gasteiger partial charge in [-0.1, -0.05) is 13.8 Å². The van der Waals surface area contributed by atoms with Crippen molar-refractivity contribution < 1.29 is 0 Å². The lowest BCUT2D eigenvalue weighted by atomic mass is 10.2. The molecule has 0 aliphatic heterocycles. The third-order valence-electron chi connectivity index (χ3n) is 1.06. The summed E-state index contributed by atoms with van der Waals surface area (Å²) in [5, 5.41) is 4.24. The number of anilines is 1. The van der Waals surface area contributed by atoms with Gasteiger partial charge in [0.2, 0.25) is 10.4 Å². The Morgan fingerprint density at radius 2 is 2.36 bits per heavy atom. The van der Waals surface area contributed by atoms with E-state index in [4.69, 9.17) is 11.6 Å². The maximum absolute atomic E-state index is 5.52. The highest BCUT2D eigenvalue weighted by Gasteiger charge is 2.00. The fourth-order valence-corrected chi connectivity index (χ4v) is 1.28. The van der Waals surface area contributed by atoms with Gasteiger partial charge < -0.3 is 5.32 Å². The predicted molar refractivity (Wildman–Crippen MR) is 48.2 cm³/mol. The molecule has 0 atom stereocenters. The lowest BCUT2D eigenvalue weighted by Gasteiger charge is -2.03. The predicted octanol–water partition coefficient (Wildman–Crippen LogP) is 2.26. The molecule has 0 saturated carbocycles. The summed E-state index contributed by atoms with van der Waals surface area (Å²) in [4.78, 5) is 3.94. The van der Waals surface area contributed by atoms with Gasteiger partial charge in [-0.05, 0) is 17.5 Å². The minimum absolute atomic E-state index is 0.321. The number of hydrogen-bond acceptors (Lipinski definition) is 4. The first kappa shape index (κ1) is 8.74. The molecule has 0 radical (unpaired) electrons. The maximum atomic E-state index is 5.52. The molecule has 0 unspecified atom stereocenters. The molecule has 1 N–H and O–H groups in total. The van der Waals surface area contributed by atoms with Crippen molar-refractivity contribution in [1.29, 1.82) is 0 Å². The van der Waals surface area contributed by atoms with Crippen molar-refractivity contribution in [3.63, 3.8) is 0 Å². The summed E-state index contributed by atoms with van der Waals surface area (Å²) in [6.45, 7) is 5.18. The number of nitrogens with zero attached hydrogens (tertiary/aromatic N) is 2. The molecule has 62 valence electrons. The highest BCUT2D eigenvalue weighted by molar-refractivity contribution is 7.09. The third kappa shape index (κ3) is 3.03. The van der Waals surface area contributed by atoms with E-state index >= 15 is 0 Å². The zero-order chi connectivity index (χ0) is 8.27. The molecular formula is C6H10ClN3S. The Kier molecular flexibility index (Phi) is 3.08. The maximum Gasteiger partial charge on any atom is 0.236 e. The third-order valence-corrected chi connectivity index (χ3v) is 2.00. The van der Waals surface area contributed by atoms with Crippen LogP contribution in [0.15, 0.2) is 0 Å². The molecule has 0 spiro atoms. The van der Waals surface area contributed by atoms with Crippen LogP contribution in [0.5, 0.6) is 0 Å².